The summed E-state index contributed by atoms with van der Waals surface area (Å²) in [4.78, 5) is 4.53. The Balaban J connectivity index is 1.52. The first kappa shape index (κ1) is 15.4. The van der Waals surface area contributed by atoms with Crippen LogP contribution in [-0.4, -0.2) is 4.98 Å². The number of para-hydroxylation sites is 2. The van der Waals surface area contributed by atoms with E-state index in [0.29, 0.717) is 0 Å². The van der Waals surface area contributed by atoms with E-state index in [0.717, 1.165) is 44.3 Å². The highest BCUT2D eigenvalue weighted by molar-refractivity contribution is 6.06. The highest BCUT2D eigenvalue weighted by Gasteiger charge is 2.08. The van der Waals surface area contributed by atoms with Crippen LogP contribution in [0.4, 0.5) is 0 Å². The molecule has 5 aromatic rings. The van der Waals surface area contributed by atoms with Gasteiger partial charge in [-0.25, -0.2) is 0 Å². The molecule has 2 heterocycles. The Hall–Kier alpha value is -3.83. The maximum Gasteiger partial charge on any atom is 0.151 e. The van der Waals surface area contributed by atoms with Crippen molar-refractivity contribution < 1.29 is 4.42 Å². The van der Waals surface area contributed by atoms with Gasteiger partial charge in [0, 0.05) is 28.1 Å². The summed E-state index contributed by atoms with van der Waals surface area (Å²) in [7, 11) is 0. The fourth-order valence-electron chi connectivity index (χ4n) is 3.23. The number of aromatic nitrogens is 1. The summed E-state index contributed by atoms with van der Waals surface area (Å²) in [5, 5.41) is 2.21. The number of hydrogen-bond donors (Lipinski definition) is 0. The lowest BCUT2D eigenvalue weighted by Gasteiger charge is -1.99. The molecule has 27 heavy (non-hydrogen) atoms. The van der Waals surface area contributed by atoms with Crippen LogP contribution in [0.1, 0.15) is 11.1 Å². The molecule has 0 spiro atoms. The molecular weight excluding hydrogens is 330 g/mol. The summed E-state index contributed by atoms with van der Waals surface area (Å²) >= 11 is 0. The molecule has 0 bridgehead atoms. The maximum absolute atomic E-state index is 6.03. The molecule has 0 N–H and O–H groups in total. The molecule has 0 amide bonds. The van der Waals surface area contributed by atoms with Crippen LogP contribution in [0, 0.1) is 11.8 Å². The van der Waals surface area contributed by atoms with E-state index in [4.69, 9.17) is 4.42 Å². The number of hydrogen-bond acceptors (Lipinski definition) is 2. The lowest BCUT2D eigenvalue weighted by molar-refractivity contribution is 0.668. The first-order chi connectivity index (χ1) is 13.4. The fourth-order valence-corrected chi connectivity index (χ4v) is 3.23. The number of fused-ring (bicyclic) bond motifs is 3. The standard InChI is InChI=1S/C25H15NO/c1-2-7-19(8-3-1)23-16-14-18(17-26-23)13-15-20-9-6-11-22-21-10-4-5-12-24(21)27-25(20)22/h1-12,14,16-17H. The smallest absolute Gasteiger partial charge is 0.151 e. The van der Waals surface area contributed by atoms with E-state index in [1.165, 1.54) is 0 Å². The predicted molar refractivity (Wildman–Crippen MR) is 109 cm³/mol. The molecule has 2 heteroatoms. The molecule has 5 rings (SSSR count). The van der Waals surface area contributed by atoms with Gasteiger partial charge in [-0.05, 0) is 24.3 Å². The van der Waals surface area contributed by atoms with Crippen molar-refractivity contribution in [2.24, 2.45) is 0 Å². The Kier molecular flexibility index (Phi) is 3.70. The van der Waals surface area contributed by atoms with Crippen molar-refractivity contribution in [1.29, 1.82) is 0 Å². The molecule has 2 aromatic heterocycles. The molecule has 0 fully saturated rings. The second kappa shape index (κ2) is 6.48. The van der Waals surface area contributed by atoms with Crippen LogP contribution < -0.4 is 0 Å². The lowest BCUT2D eigenvalue weighted by Crippen LogP contribution is -1.84. The Bertz CT molecular complexity index is 1300. The zero-order chi connectivity index (χ0) is 18.1. The lowest BCUT2D eigenvalue weighted by atomic mass is 10.1. The Morgan fingerprint density at radius 2 is 1.48 bits per heavy atom. The SMILES string of the molecule is C(#Cc1cccc2c1oc1ccccc12)c1ccc(-c2ccccc2)nc1. The van der Waals surface area contributed by atoms with Gasteiger partial charge < -0.3 is 4.42 Å². The van der Waals surface area contributed by atoms with E-state index in [-0.39, 0.29) is 0 Å². The minimum absolute atomic E-state index is 0.833. The van der Waals surface area contributed by atoms with Gasteiger partial charge in [-0.2, -0.15) is 0 Å². The van der Waals surface area contributed by atoms with Gasteiger partial charge in [-0.3, -0.25) is 4.98 Å². The maximum atomic E-state index is 6.03. The largest absolute Gasteiger partial charge is 0.455 e. The number of rotatable bonds is 1. The van der Waals surface area contributed by atoms with Crippen molar-refractivity contribution in [1.82, 2.24) is 4.98 Å². The minimum Gasteiger partial charge on any atom is -0.455 e. The summed E-state index contributed by atoms with van der Waals surface area (Å²) in [5.41, 5.74) is 5.53. The van der Waals surface area contributed by atoms with Crippen LogP contribution >= 0.6 is 0 Å². The number of nitrogens with zero attached hydrogens (tertiary/aromatic N) is 1. The Morgan fingerprint density at radius 3 is 2.33 bits per heavy atom. The van der Waals surface area contributed by atoms with Gasteiger partial charge >= 0.3 is 0 Å². The molecule has 2 nitrogen and oxygen atoms in total. The molecular formula is C25H15NO. The average molecular weight is 345 g/mol. The van der Waals surface area contributed by atoms with Crippen molar-refractivity contribution in [3.05, 3.63) is 102 Å². The Labute approximate surface area is 157 Å². The topological polar surface area (TPSA) is 26.0 Å². The van der Waals surface area contributed by atoms with Crippen LogP contribution in [0.25, 0.3) is 33.2 Å². The van der Waals surface area contributed by atoms with Gasteiger partial charge in [0.15, 0.2) is 5.58 Å². The van der Waals surface area contributed by atoms with Gasteiger partial charge in [0.05, 0.1) is 11.3 Å². The Morgan fingerprint density at radius 1 is 0.667 bits per heavy atom. The van der Waals surface area contributed by atoms with Crippen molar-refractivity contribution in [2.75, 3.05) is 0 Å². The van der Waals surface area contributed by atoms with Gasteiger partial charge in [-0.1, -0.05) is 72.5 Å². The molecule has 0 atom stereocenters. The fraction of sp³-hybridized carbons (Fsp3) is 0. The second-order valence-electron chi connectivity index (χ2n) is 6.33. The number of benzene rings is 3. The number of pyridine rings is 1. The van der Waals surface area contributed by atoms with Crippen LogP contribution in [0.2, 0.25) is 0 Å². The van der Waals surface area contributed by atoms with Gasteiger partial charge in [0.2, 0.25) is 0 Å². The summed E-state index contributed by atoms with van der Waals surface area (Å²) in [6.07, 6.45) is 1.81. The quantitative estimate of drug-likeness (QED) is 0.346. The summed E-state index contributed by atoms with van der Waals surface area (Å²) in [5.74, 6) is 6.44. The normalized spacial score (nSPS) is 10.7. The molecule has 0 saturated carbocycles. The van der Waals surface area contributed by atoms with E-state index in [9.17, 15) is 0 Å². The first-order valence-electron chi connectivity index (χ1n) is 8.82. The van der Waals surface area contributed by atoms with Gasteiger partial charge in [0.1, 0.15) is 5.58 Å². The second-order valence-corrected chi connectivity index (χ2v) is 6.33. The summed E-state index contributed by atoms with van der Waals surface area (Å²) < 4.78 is 6.03. The van der Waals surface area contributed by atoms with Crippen LogP contribution in [-0.2, 0) is 0 Å². The molecule has 0 aliphatic carbocycles. The zero-order valence-corrected chi connectivity index (χ0v) is 14.5. The molecule has 0 aliphatic rings. The van der Waals surface area contributed by atoms with Crippen molar-refractivity contribution in [2.45, 2.75) is 0 Å². The zero-order valence-electron chi connectivity index (χ0n) is 14.5. The summed E-state index contributed by atoms with van der Waals surface area (Å²) in [6, 6.07) is 28.3. The van der Waals surface area contributed by atoms with Gasteiger partial charge in [-0.15, -0.1) is 0 Å². The molecule has 126 valence electrons. The van der Waals surface area contributed by atoms with Crippen LogP contribution in [0.15, 0.2) is 95.5 Å². The third kappa shape index (κ3) is 2.86. The van der Waals surface area contributed by atoms with Crippen molar-refractivity contribution in [3.8, 4) is 23.1 Å². The van der Waals surface area contributed by atoms with Crippen molar-refractivity contribution >= 4 is 21.9 Å². The van der Waals surface area contributed by atoms with E-state index in [2.05, 4.69) is 41.1 Å². The molecule has 0 saturated heterocycles. The highest BCUT2D eigenvalue weighted by atomic mass is 16.3. The van der Waals surface area contributed by atoms with Crippen LogP contribution in [0.3, 0.4) is 0 Å². The monoisotopic (exact) mass is 345 g/mol. The van der Waals surface area contributed by atoms with E-state index >= 15 is 0 Å². The van der Waals surface area contributed by atoms with E-state index < -0.39 is 0 Å². The highest BCUT2D eigenvalue weighted by Crippen LogP contribution is 2.30. The summed E-state index contributed by atoms with van der Waals surface area (Å²) in [6.45, 7) is 0. The van der Waals surface area contributed by atoms with E-state index in [1.54, 1.807) is 0 Å². The molecule has 0 radical (unpaired) electrons. The van der Waals surface area contributed by atoms with E-state index in [1.807, 2.05) is 66.9 Å². The molecule has 3 aromatic carbocycles. The third-order valence-corrected chi connectivity index (χ3v) is 4.58. The third-order valence-electron chi connectivity index (χ3n) is 4.58. The predicted octanol–water partition coefficient (Wildman–Crippen LogP) is 6.05. The minimum atomic E-state index is 0.833. The molecule has 0 unspecified atom stereocenters. The first-order valence-corrected chi connectivity index (χ1v) is 8.82. The van der Waals surface area contributed by atoms with Gasteiger partial charge in [0.25, 0.3) is 0 Å². The number of furan rings is 1. The van der Waals surface area contributed by atoms with Crippen LogP contribution in [0.5, 0.6) is 0 Å². The average Bonchev–Trinajstić information content (AvgIpc) is 3.13. The van der Waals surface area contributed by atoms with Crippen molar-refractivity contribution in [3.63, 3.8) is 0 Å². The molecule has 0 aliphatic heterocycles.